The average Bonchev–Trinajstić information content (AvgIpc) is 2.34. The molecule has 0 fully saturated rings. The maximum Gasteiger partial charge on any atom is 0.475 e. The summed E-state index contributed by atoms with van der Waals surface area (Å²) in [5.41, 5.74) is 1.06. The van der Waals surface area contributed by atoms with Crippen LogP contribution in [0.5, 0.6) is 0 Å². The van der Waals surface area contributed by atoms with E-state index in [9.17, 15) is 4.57 Å². The van der Waals surface area contributed by atoms with Crippen molar-refractivity contribution in [3.05, 3.63) is 42.0 Å². The molecule has 0 unspecified atom stereocenters. The molecule has 0 bridgehead atoms. The fourth-order valence-corrected chi connectivity index (χ4v) is 2.96. The molecule has 0 saturated carbocycles. The van der Waals surface area contributed by atoms with E-state index in [0.29, 0.717) is 0 Å². The highest BCUT2D eigenvalue weighted by molar-refractivity contribution is 7.48. The van der Waals surface area contributed by atoms with E-state index >= 15 is 0 Å². The number of benzene rings is 1. The SMILES string of the molecule is CC(C)OP(=O)(OC/C=C/c1ccccc1)OC(C)C. The molecule has 4 nitrogen and oxygen atoms in total. The van der Waals surface area contributed by atoms with Crippen LogP contribution in [0.25, 0.3) is 6.08 Å². The monoisotopic (exact) mass is 298 g/mol. The molecule has 20 heavy (non-hydrogen) atoms. The molecule has 1 aromatic carbocycles. The molecule has 1 aromatic rings. The number of hydrogen-bond acceptors (Lipinski definition) is 4. The lowest BCUT2D eigenvalue weighted by molar-refractivity contribution is 0.0783. The lowest BCUT2D eigenvalue weighted by Crippen LogP contribution is -2.10. The summed E-state index contributed by atoms with van der Waals surface area (Å²) in [6.07, 6.45) is 3.24. The molecule has 1 rings (SSSR count). The Morgan fingerprint density at radius 1 is 1.05 bits per heavy atom. The van der Waals surface area contributed by atoms with Crippen LogP contribution in [-0.2, 0) is 18.1 Å². The highest BCUT2D eigenvalue weighted by atomic mass is 31.2. The van der Waals surface area contributed by atoms with Crippen LogP contribution >= 0.6 is 7.82 Å². The minimum Gasteiger partial charge on any atom is -0.284 e. The lowest BCUT2D eigenvalue weighted by atomic mass is 10.2. The van der Waals surface area contributed by atoms with E-state index in [0.717, 1.165) is 5.56 Å². The predicted molar refractivity (Wildman–Crippen MR) is 81.5 cm³/mol. The summed E-state index contributed by atoms with van der Waals surface area (Å²) in [7, 11) is -3.50. The van der Waals surface area contributed by atoms with Gasteiger partial charge in [-0.2, -0.15) is 0 Å². The summed E-state index contributed by atoms with van der Waals surface area (Å²) in [5, 5.41) is 0. The van der Waals surface area contributed by atoms with Gasteiger partial charge in [0, 0.05) is 0 Å². The van der Waals surface area contributed by atoms with Gasteiger partial charge in [0.05, 0.1) is 18.8 Å². The van der Waals surface area contributed by atoms with Crippen LogP contribution in [0.4, 0.5) is 0 Å². The van der Waals surface area contributed by atoms with Crippen molar-refractivity contribution in [1.82, 2.24) is 0 Å². The third-order valence-corrected chi connectivity index (χ3v) is 3.94. The molecule has 0 aromatic heterocycles. The van der Waals surface area contributed by atoms with Gasteiger partial charge in [0.25, 0.3) is 0 Å². The van der Waals surface area contributed by atoms with Crippen LogP contribution < -0.4 is 0 Å². The summed E-state index contributed by atoms with van der Waals surface area (Å²) < 4.78 is 28.2. The van der Waals surface area contributed by atoms with Crippen LogP contribution in [0.1, 0.15) is 33.3 Å². The lowest BCUT2D eigenvalue weighted by Gasteiger charge is -2.21. The van der Waals surface area contributed by atoms with Gasteiger partial charge in [-0.25, -0.2) is 4.57 Å². The first-order valence-electron chi connectivity index (χ1n) is 6.74. The van der Waals surface area contributed by atoms with Gasteiger partial charge in [-0.3, -0.25) is 13.6 Å². The highest BCUT2D eigenvalue weighted by Crippen LogP contribution is 2.51. The van der Waals surface area contributed by atoms with Crippen molar-refractivity contribution in [3.63, 3.8) is 0 Å². The fourth-order valence-electron chi connectivity index (χ4n) is 1.48. The molecule has 112 valence electrons. The zero-order valence-electron chi connectivity index (χ0n) is 12.5. The smallest absolute Gasteiger partial charge is 0.284 e. The summed E-state index contributed by atoms with van der Waals surface area (Å²) in [4.78, 5) is 0. The molecule has 0 aliphatic carbocycles. The van der Waals surface area contributed by atoms with Crippen LogP contribution in [0, 0.1) is 0 Å². The van der Waals surface area contributed by atoms with Gasteiger partial charge in [0.15, 0.2) is 0 Å². The maximum absolute atomic E-state index is 12.3. The number of rotatable bonds is 8. The zero-order valence-corrected chi connectivity index (χ0v) is 13.4. The van der Waals surface area contributed by atoms with Gasteiger partial charge in [-0.05, 0) is 33.3 Å². The molecule has 0 aliphatic heterocycles. The minimum atomic E-state index is -3.50. The molecule has 0 radical (unpaired) electrons. The van der Waals surface area contributed by atoms with Crippen molar-refractivity contribution < 1.29 is 18.1 Å². The van der Waals surface area contributed by atoms with E-state index in [-0.39, 0.29) is 18.8 Å². The molecule has 5 heteroatoms. The van der Waals surface area contributed by atoms with Crippen LogP contribution in [-0.4, -0.2) is 18.8 Å². The molecule has 0 spiro atoms. The number of hydrogen-bond donors (Lipinski definition) is 0. The number of phosphoric ester groups is 1. The van der Waals surface area contributed by atoms with E-state index in [4.69, 9.17) is 13.6 Å². The average molecular weight is 298 g/mol. The summed E-state index contributed by atoms with van der Waals surface area (Å²) in [6, 6.07) is 9.82. The first-order chi connectivity index (χ1) is 9.41. The maximum atomic E-state index is 12.3. The second-order valence-corrected chi connectivity index (χ2v) is 6.44. The Balaban J connectivity index is 2.54. The van der Waals surface area contributed by atoms with Gasteiger partial charge < -0.3 is 0 Å². The Morgan fingerprint density at radius 2 is 1.60 bits per heavy atom. The predicted octanol–water partition coefficient (Wildman–Crippen LogP) is 4.67. The molecule has 0 aliphatic rings. The molecule has 0 amide bonds. The zero-order chi connectivity index (χ0) is 15.0. The Hall–Kier alpha value is -0.930. The summed E-state index contributed by atoms with van der Waals surface area (Å²) >= 11 is 0. The first-order valence-corrected chi connectivity index (χ1v) is 8.20. The van der Waals surface area contributed by atoms with Gasteiger partial charge in [0.1, 0.15) is 0 Å². The van der Waals surface area contributed by atoms with E-state index in [1.54, 1.807) is 33.8 Å². The van der Waals surface area contributed by atoms with Crippen molar-refractivity contribution in [1.29, 1.82) is 0 Å². The van der Waals surface area contributed by atoms with Crippen molar-refractivity contribution in [2.75, 3.05) is 6.61 Å². The second kappa shape index (κ2) is 8.38. The quantitative estimate of drug-likeness (QED) is 0.654. The Morgan fingerprint density at radius 3 is 2.10 bits per heavy atom. The largest absolute Gasteiger partial charge is 0.475 e. The van der Waals surface area contributed by atoms with Crippen molar-refractivity contribution >= 4 is 13.9 Å². The van der Waals surface area contributed by atoms with Crippen molar-refractivity contribution in [2.24, 2.45) is 0 Å². The Kier molecular flexibility index (Phi) is 7.17. The van der Waals surface area contributed by atoms with E-state index in [1.165, 1.54) is 0 Å². The third-order valence-electron chi connectivity index (χ3n) is 2.12. The van der Waals surface area contributed by atoms with E-state index in [1.807, 2.05) is 36.4 Å². The second-order valence-electron chi connectivity index (χ2n) is 4.86. The highest BCUT2D eigenvalue weighted by Gasteiger charge is 2.28. The van der Waals surface area contributed by atoms with Gasteiger partial charge in [-0.1, -0.05) is 42.5 Å². The molecular weight excluding hydrogens is 275 g/mol. The molecule has 0 N–H and O–H groups in total. The minimum absolute atomic E-state index is 0.172. The molecular formula is C15H23O4P. The van der Waals surface area contributed by atoms with Gasteiger partial charge in [-0.15, -0.1) is 0 Å². The van der Waals surface area contributed by atoms with Crippen LogP contribution in [0.2, 0.25) is 0 Å². The Labute approximate surface area is 121 Å². The van der Waals surface area contributed by atoms with E-state index < -0.39 is 7.82 Å². The van der Waals surface area contributed by atoms with Crippen LogP contribution in [0.15, 0.2) is 36.4 Å². The van der Waals surface area contributed by atoms with E-state index in [2.05, 4.69) is 0 Å². The van der Waals surface area contributed by atoms with Gasteiger partial charge >= 0.3 is 7.82 Å². The number of phosphoric acid groups is 1. The summed E-state index contributed by atoms with van der Waals surface area (Å²) in [5.74, 6) is 0. The first kappa shape index (κ1) is 17.1. The standard InChI is InChI=1S/C15H23O4P/c1-13(2)18-20(16,19-14(3)4)17-12-8-11-15-9-6-5-7-10-15/h5-11,13-14H,12H2,1-4H3/b11-8+. The molecule has 0 atom stereocenters. The summed E-state index contributed by atoms with van der Waals surface area (Å²) in [6.45, 7) is 7.34. The normalized spacial score (nSPS) is 12.7. The fraction of sp³-hybridized carbons (Fsp3) is 0.467. The Bertz CT molecular complexity index is 440. The van der Waals surface area contributed by atoms with Crippen molar-refractivity contribution in [3.8, 4) is 0 Å². The molecule has 0 saturated heterocycles. The topological polar surface area (TPSA) is 44.8 Å². The van der Waals surface area contributed by atoms with Crippen LogP contribution in [0.3, 0.4) is 0 Å². The molecule has 0 heterocycles. The van der Waals surface area contributed by atoms with Gasteiger partial charge in [0.2, 0.25) is 0 Å². The third kappa shape index (κ3) is 7.01. The van der Waals surface area contributed by atoms with Crippen molar-refractivity contribution in [2.45, 2.75) is 39.9 Å².